The van der Waals surface area contributed by atoms with Crippen LogP contribution >= 0.6 is 0 Å². The third kappa shape index (κ3) is 8.12. The molecule has 0 saturated heterocycles. The van der Waals surface area contributed by atoms with Crippen LogP contribution in [-0.2, 0) is 11.2 Å². The first-order valence-electron chi connectivity index (χ1n) is 16.4. The van der Waals surface area contributed by atoms with Gasteiger partial charge in [0, 0.05) is 55.3 Å². The number of methoxy groups -OCH3 is 1. The molecule has 44 heavy (non-hydrogen) atoms. The van der Waals surface area contributed by atoms with Gasteiger partial charge in [-0.2, -0.15) is 0 Å². The summed E-state index contributed by atoms with van der Waals surface area (Å²) in [5.74, 6) is 1.81. The molecule has 2 N–H and O–H groups in total. The van der Waals surface area contributed by atoms with Crippen molar-refractivity contribution in [1.29, 1.82) is 0 Å². The molecule has 9 nitrogen and oxygen atoms in total. The fourth-order valence-electron chi connectivity index (χ4n) is 6.32. The molecule has 1 saturated carbocycles. The number of aliphatic hydroxyl groups excluding tert-OH is 1. The minimum atomic E-state index is -0.191. The molecule has 1 fully saturated rings. The molecule has 3 aromatic heterocycles. The van der Waals surface area contributed by atoms with Crippen molar-refractivity contribution in [2.45, 2.75) is 96.6 Å². The molecule has 4 aromatic rings. The van der Waals surface area contributed by atoms with Gasteiger partial charge in [-0.1, -0.05) is 37.6 Å². The largest absolute Gasteiger partial charge is 0.393 e. The van der Waals surface area contributed by atoms with Crippen molar-refractivity contribution in [1.82, 2.24) is 24.6 Å². The molecule has 0 amide bonds. The molecular weight excluding hydrogens is 550 g/mol. The van der Waals surface area contributed by atoms with E-state index in [1.54, 1.807) is 7.11 Å². The van der Waals surface area contributed by atoms with Crippen molar-refractivity contribution in [2.75, 3.05) is 37.0 Å². The number of rotatable bonds is 15. The van der Waals surface area contributed by atoms with E-state index in [4.69, 9.17) is 9.84 Å². The zero-order chi connectivity index (χ0) is 30.9. The first-order valence-corrected chi connectivity index (χ1v) is 16.4. The van der Waals surface area contributed by atoms with Crippen molar-refractivity contribution >= 4 is 17.4 Å². The van der Waals surface area contributed by atoms with Crippen LogP contribution in [0.25, 0.3) is 16.6 Å². The average molecular weight is 600 g/mol. The highest BCUT2D eigenvalue weighted by Gasteiger charge is 2.25. The lowest BCUT2D eigenvalue weighted by Crippen LogP contribution is -2.27. The van der Waals surface area contributed by atoms with Crippen LogP contribution in [0.1, 0.15) is 88.1 Å². The summed E-state index contributed by atoms with van der Waals surface area (Å²) in [7, 11) is 1.70. The number of nitrogens with zero attached hydrogens (tertiary/aromatic N) is 6. The zero-order valence-corrected chi connectivity index (χ0v) is 26.9. The number of aromatic nitrogens is 5. The van der Waals surface area contributed by atoms with E-state index in [0.717, 1.165) is 87.2 Å². The Hall–Kier alpha value is -3.56. The molecule has 3 heterocycles. The molecule has 1 aliphatic carbocycles. The van der Waals surface area contributed by atoms with Gasteiger partial charge in [0.05, 0.1) is 24.4 Å². The topological polar surface area (TPSA) is 101 Å². The first-order chi connectivity index (χ1) is 21.4. The minimum Gasteiger partial charge on any atom is -0.393 e. The molecule has 1 aromatic carbocycles. The van der Waals surface area contributed by atoms with Crippen LogP contribution in [0.4, 0.5) is 11.9 Å². The summed E-state index contributed by atoms with van der Waals surface area (Å²) in [6, 6.07) is 13.4. The van der Waals surface area contributed by atoms with Gasteiger partial charge in [-0.3, -0.25) is 0 Å². The van der Waals surface area contributed by atoms with Crippen LogP contribution in [0, 0.1) is 6.92 Å². The van der Waals surface area contributed by atoms with E-state index in [9.17, 15) is 5.11 Å². The molecule has 1 atom stereocenters. The molecule has 236 valence electrons. The maximum absolute atomic E-state index is 10.1. The molecule has 0 spiro atoms. The summed E-state index contributed by atoms with van der Waals surface area (Å²) in [5, 5.41) is 18.4. The second-order valence-corrected chi connectivity index (χ2v) is 12.4. The van der Waals surface area contributed by atoms with Crippen LogP contribution < -0.4 is 10.2 Å². The number of hydrogen-bond donors (Lipinski definition) is 2. The van der Waals surface area contributed by atoms with Gasteiger partial charge in [0.15, 0.2) is 0 Å². The summed E-state index contributed by atoms with van der Waals surface area (Å²) in [4.78, 5) is 16.1. The lowest BCUT2D eigenvalue weighted by atomic mass is 9.85. The Morgan fingerprint density at radius 3 is 2.57 bits per heavy atom. The van der Waals surface area contributed by atoms with Crippen molar-refractivity contribution in [3.05, 3.63) is 65.7 Å². The number of anilines is 2. The van der Waals surface area contributed by atoms with E-state index >= 15 is 0 Å². The van der Waals surface area contributed by atoms with Gasteiger partial charge in [-0.15, -0.1) is 5.10 Å². The number of aryl methyl sites for hydroxylation is 2. The lowest BCUT2D eigenvalue weighted by molar-refractivity contribution is 0.121. The molecule has 5 rings (SSSR count). The summed E-state index contributed by atoms with van der Waals surface area (Å²) >= 11 is 0. The number of aliphatic hydroxyl groups is 1. The Balaban J connectivity index is 1.24. The molecule has 9 heteroatoms. The van der Waals surface area contributed by atoms with Crippen molar-refractivity contribution in [2.24, 2.45) is 0 Å². The standard InChI is InChI=1S/C35H49N7O2/c1-5-20-41(35-36-19-18-25(2)39-35)21-8-6-7-9-27-10-12-28(13-11-27)31-22-32(29-14-16-30(43)17-15-29)42-33(31)23-37-34(40-42)38-26(3)24-44-4/h10-13,18-19,22-23,26,29-30,43H,5-9,14-17,20-21,24H2,1-4H3,(H,38,40)/t26-,29?,30?/m0/s1. The summed E-state index contributed by atoms with van der Waals surface area (Å²) < 4.78 is 7.36. The monoisotopic (exact) mass is 599 g/mol. The lowest BCUT2D eigenvalue weighted by Gasteiger charge is -2.25. The van der Waals surface area contributed by atoms with Gasteiger partial charge < -0.3 is 20.1 Å². The maximum atomic E-state index is 10.1. The second-order valence-electron chi connectivity index (χ2n) is 12.4. The first kappa shape index (κ1) is 31.9. The van der Waals surface area contributed by atoms with Crippen LogP contribution in [0.2, 0.25) is 0 Å². The molecular formula is C35H49N7O2. The number of fused-ring (bicyclic) bond motifs is 1. The Morgan fingerprint density at radius 2 is 1.84 bits per heavy atom. The zero-order valence-electron chi connectivity index (χ0n) is 26.9. The normalized spacial score (nSPS) is 17.6. The highest BCUT2D eigenvalue weighted by Crippen LogP contribution is 2.37. The maximum Gasteiger partial charge on any atom is 0.241 e. The Morgan fingerprint density at radius 1 is 1.05 bits per heavy atom. The van der Waals surface area contributed by atoms with Crippen LogP contribution in [0.3, 0.4) is 0 Å². The molecule has 0 unspecified atom stereocenters. The van der Waals surface area contributed by atoms with E-state index in [1.165, 1.54) is 23.2 Å². The van der Waals surface area contributed by atoms with E-state index < -0.39 is 0 Å². The van der Waals surface area contributed by atoms with Gasteiger partial charge in [0.25, 0.3) is 0 Å². The van der Waals surface area contributed by atoms with Gasteiger partial charge in [-0.05, 0) is 88.5 Å². The van der Waals surface area contributed by atoms with Crippen molar-refractivity contribution in [3.8, 4) is 11.1 Å². The van der Waals surface area contributed by atoms with Crippen molar-refractivity contribution < 1.29 is 9.84 Å². The minimum absolute atomic E-state index is 0.103. The predicted molar refractivity (Wildman–Crippen MR) is 177 cm³/mol. The van der Waals surface area contributed by atoms with Gasteiger partial charge in [0.2, 0.25) is 11.9 Å². The van der Waals surface area contributed by atoms with Gasteiger partial charge >= 0.3 is 0 Å². The van der Waals surface area contributed by atoms with Crippen LogP contribution in [-0.4, -0.2) is 68.6 Å². The molecule has 0 radical (unpaired) electrons. The number of benzene rings is 1. The van der Waals surface area contributed by atoms with E-state index in [1.807, 2.05) is 25.4 Å². The predicted octanol–water partition coefficient (Wildman–Crippen LogP) is 6.59. The van der Waals surface area contributed by atoms with Gasteiger partial charge in [-0.25, -0.2) is 19.5 Å². The van der Waals surface area contributed by atoms with E-state index in [-0.39, 0.29) is 12.1 Å². The fraction of sp³-hybridized carbons (Fsp3) is 0.543. The average Bonchev–Trinajstić information content (AvgIpc) is 3.40. The number of unbranched alkanes of at least 4 members (excludes halogenated alkanes) is 2. The van der Waals surface area contributed by atoms with Crippen LogP contribution in [0.15, 0.2) is 48.8 Å². The van der Waals surface area contributed by atoms with Crippen LogP contribution in [0.5, 0.6) is 0 Å². The van der Waals surface area contributed by atoms with E-state index in [2.05, 4.69) is 73.9 Å². The Bertz CT molecular complexity index is 1460. The SMILES string of the molecule is CCCN(CCCCCc1ccc(-c2cc(C3CCC(O)CC3)n3nc(N[C@@H](C)COC)ncc23)cc1)c1nccc(C)n1. The quantitative estimate of drug-likeness (QED) is 0.148. The highest BCUT2D eigenvalue weighted by molar-refractivity contribution is 5.81. The third-order valence-corrected chi connectivity index (χ3v) is 8.67. The second kappa shape index (κ2) is 15.4. The summed E-state index contributed by atoms with van der Waals surface area (Å²) in [5.41, 5.74) is 6.92. The molecule has 0 aliphatic heterocycles. The molecule has 0 bridgehead atoms. The van der Waals surface area contributed by atoms with E-state index in [0.29, 0.717) is 18.5 Å². The molecule has 1 aliphatic rings. The third-order valence-electron chi connectivity index (χ3n) is 8.67. The fourth-order valence-corrected chi connectivity index (χ4v) is 6.32. The number of hydrogen-bond acceptors (Lipinski definition) is 8. The smallest absolute Gasteiger partial charge is 0.241 e. The van der Waals surface area contributed by atoms with Gasteiger partial charge in [0.1, 0.15) is 0 Å². The highest BCUT2D eigenvalue weighted by atomic mass is 16.5. The number of nitrogens with one attached hydrogen (secondary N) is 1. The van der Waals surface area contributed by atoms with Crippen molar-refractivity contribution in [3.63, 3.8) is 0 Å². The Kier molecular flexibility index (Phi) is 11.2. The summed E-state index contributed by atoms with van der Waals surface area (Å²) in [6.07, 6.45) is 12.8. The summed E-state index contributed by atoms with van der Waals surface area (Å²) in [6.45, 7) is 8.85. The number of ether oxygens (including phenoxy) is 1. The Labute approximate surface area is 262 Å².